The second kappa shape index (κ2) is 4.22. The molecule has 2 aromatic rings. The van der Waals surface area contributed by atoms with Crippen molar-refractivity contribution in [1.82, 2.24) is 0 Å². The zero-order chi connectivity index (χ0) is 11.7. The zero-order valence-corrected chi connectivity index (χ0v) is 9.67. The van der Waals surface area contributed by atoms with Crippen LogP contribution in [0.3, 0.4) is 0 Å². The maximum atomic E-state index is 5.73. The van der Waals surface area contributed by atoms with Gasteiger partial charge in [-0.3, -0.25) is 0 Å². The molecular formula is C15H14O2. The molecule has 2 atom stereocenters. The first-order valence-electron chi connectivity index (χ1n) is 5.73. The third kappa shape index (κ3) is 2.04. The Bertz CT molecular complexity index is 507. The molecule has 1 aliphatic rings. The third-order valence-corrected chi connectivity index (χ3v) is 3.04. The van der Waals surface area contributed by atoms with Crippen molar-refractivity contribution < 1.29 is 9.47 Å². The smallest absolute Gasteiger partial charge is 0.119 e. The summed E-state index contributed by atoms with van der Waals surface area (Å²) in [6.07, 6.45) is 0.371. The molecule has 0 radical (unpaired) electrons. The van der Waals surface area contributed by atoms with Crippen molar-refractivity contribution in [3.8, 4) is 5.75 Å². The normalized spacial score (nSPS) is 22.2. The molecule has 0 saturated carbocycles. The number of rotatable bonds is 3. The predicted octanol–water partition coefficient (Wildman–Crippen LogP) is 3.51. The van der Waals surface area contributed by atoms with E-state index < -0.39 is 0 Å². The van der Waals surface area contributed by atoms with Crippen LogP contribution in [0.25, 0.3) is 0 Å². The summed E-state index contributed by atoms with van der Waals surface area (Å²) in [4.78, 5) is 0. The van der Waals surface area contributed by atoms with E-state index in [1.165, 1.54) is 11.1 Å². The highest BCUT2D eigenvalue weighted by Crippen LogP contribution is 2.51. The summed E-state index contributed by atoms with van der Waals surface area (Å²) in [5.41, 5.74) is 2.42. The molecule has 0 amide bonds. The van der Waals surface area contributed by atoms with Gasteiger partial charge >= 0.3 is 0 Å². The summed E-state index contributed by atoms with van der Waals surface area (Å²) in [7, 11) is 1.68. The quantitative estimate of drug-likeness (QED) is 0.747. The second-order valence-corrected chi connectivity index (χ2v) is 4.16. The van der Waals surface area contributed by atoms with Crippen LogP contribution in [-0.4, -0.2) is 7.11 Å². The largest absolute Gasteiger partial charge is 0.497 e. The lowest BCUT2D eigenvalue weighted by Crippen LogP contribution is -1.87. The van der Waals surface area contributed by atoms with Gasteiger partial charge in [-0.05, 0) is 23.3 Å². The van der Waals surface area contributed by atoms with Gasteiger partial charge in [-0.1, -0.05) is 42.5 Å². The molecule has 2 unspecified atom stereocenters. The highest BCUT2D eigenvalue weighted by atomic mass is 16.6. The van der Waals surface area contributed by atoms with Crippen molar-refractivity contribution >= 4 is 0 Å². The lowest BCUT2D eigenvalue weighted by Gasteiger charge is -2.01. The van der Waals surface area contributed by atoms with Gasteiger partial charge in [0.1, 0.15) is 18.0 Å². The standard InChI is InChI=1S/C15H14O2/c1-16-13-9-5-8-12(10-13)15-14(17-15)11-6-3-2-4-7-11/h2-10,14-15H,1H3. The summed E-state index contributed by atoms with van der Waals surface area (Å²) < 4.78 is 11.0. The molecule has 2 aromatic carbocycles. The van der Waals surface area contributed by atoms with Crippen LogP contribution in [-0.2, 0) is 4.74 Å². The van der Waals surface area contributed by atoms with Crippen molar-refractivity contribution in [2.45, 2.75) is 12.2 Å². The number of methoxy groups -OCH3 is 1. The van der Waals surface area contributed by atoms with Gasteiger partial charge < -0.3 is 9.47 Å². The monoisotopic (exact) mass is 226 g/mol. The van der Waals surface area contributed by atoms with E-state index in [0.717, 1.165) is 5.75 Å². The van der Waals surface area contributed by atoms with Crippen LogP contribution in [0.1, 0.15) is 23.3 Å². The first kappa shape index (κ1) is 10.4. The van der Waals surface area contributed by atoms with Gasteiger partial charge in [0.25, 0.3) is 0 Å². The fourth-order valence-corrected chi connectivity index (χ4v) is 2.08. The molecule has 0 aliphatic carbocycles. The van der Waals surface area contributed by atoms with Crippen molar-refractivity contribution in [2.75, 3.05) is 7.11 Å². The first-order valence-corrected chi connectivity index (χ1v) is 5.73. The number of epoxide rings is 1. The molecule has 86 valence electrons. The number of benzene rings is 2. The molecular weight excluding hydrogens is 212 g/mol. The predicted molar refractivity (Wildman–Crippen MR) is 66.0 cm³/mol. The fraction of sp³-hybridized carbons (Fsp3) is 0.200. The van der Waals surface area contributed by atoms with E-state index in [4.69, 9.17) is 9.47 Å². The first-order chi connectivity index (χ1) is 8.38. The highest BCUT2D eigenvalue weighted by Gasteiger charge is 2.41. The Balaban J connectivity index is 1.80. The molecule has 3 rings (SSSR count). The lowest BCUT2D eigenvalue weighted by molar-refractivity contribution is 0.376. The topological polar surface area (TPSA) is 21.8 Å². The van der Waals surface area contributed by atoms with E-state index in [1.807, 2.05) is 36.4 Å². The van der Waals surface area contributed by atoms with Crippen molar-refractivity contribution in [3.05, 3.63) is 65.7 Å². The van der Waals surface area contributed by atoms with Crippen molar-refractivity contribution in [1.29, 1.82) is 0 Å². The van der Waals surface area contributed by atoms with Gasteiger partial charge in [0.05, 0.1) is 7.11 Å². The molecule has 0 spiro atoms. The summed E-state index contributed by atoms with van der Waals surface area (Å²) in [5, 5.41) is 0. The Kier molecular flexibility index (Phi) is 2.57. The van der Waals surface area contributed by atoms with Gasteiger partial charge in [0, 0.05) is 0 Å². The minimum atomic E-state index is 0.174. The van der Waals surface area contributed by atoms with E-state index >= 15 is 0 Å². The number of hydrogen-bond acceptors (Lipinski definition) is 2. The van der Waals surface area contributed by atoms with E-state index in [0.29, 0.717) is 0 Å². The van der Waals surface area contributed by atoms with Crippen LogP contribution < -0.4 is 4.74 Å². The molecule has 2 heteroatoms. The molecule has 1 heterocycles. The molecule has 0 aromatic heterocycles. The van der Waals surface area contributed by atoms with E-state index in [2.05, 4.69) is 18.2 Å². The highest BCUT2D eigenvalue weighted by molar-refractivity contribution is 5.35. The number of hydrogen-bond donors (Lipinski definition) is 0. The minimum absolute atomic E-state index is 0.174. The minimum Gasteiger partial charge on any atom is -0.497 e. The van der Waals surface area contributed by atoms with E-state index in [1.54, 1.807) is 7.11 Å². The Morgan fingerprint density at radius 2 is 1.59 bits per heavy atom. The third-order valence-electron chi connectivity index (χ3n) is 3.04. The van der Waals surface area contributed by atoms with Gasteiger partial charge in [-0.25, -0.2) is 0 Å². The van der Waals surface area contributed by atoms with Crippen LogP contribution in [0, 0.1) is 0 Å². The van der Waals surface area contributed by atoms with Gasteiger partial charge in [0.15, 0.2) is 0 Å². The maximum Gasteiger partial charge on any atom is 0.119 e. The van der Waals surface area contributed by atoms with Crippen LogP contribution in [0.2, 0.25) is 0 Å². The summed E-state index contributed by atoms with van der Waals surface area (Å²) in [5.74, 6) is 0.879. The Hall–Kier alpha value is -1.80. The van der Waals surface area contributed by atoms with Crippen LogP contribution >= 0.6 is 0 Å². The summed E-state index contributed by atoms with van der Waals surface area (Å²) in [6.45, 7) is 0. The van der Waals surface area contributed by atoms with E-state index in [9.17, 15) is 0 Å². The lowest BCUT2D eigenvalue weighted by atomic mass is 10.0. The Morgan fingerprint density at radius 3 is 2.35 bits per heavy atom. The average molecular weight is 226 g/mol. The van der Waals surface area contributed by atoms with Crippen molar-refractivity contribution in [3.63, 3.8) is 0 Å². The zero-order valence-electron chi connectivity index (χ0n) is 9.67. The maximum absolute atomic E-state index is 5.73. The molecule has 0 bridgehead atoms. The van der Waals surface area contributed by atoms with Crippen LogP contribution in [0.4, 0.5) is 0 Å². The van der Waals surface area contributed by atoms with E-state index in [-0.39, 0.29) is 12.2 Å². The van der Waals surface area contributed by atoms with Gasteiger partial charge in [-0.15, -0.1) is 0 Å². The van der Waals surface area contributed by atoms with Crippen molar-refractivity contribution in [2.24, 2.45) is 0 Å². The summed E-state index contributed by atoms with van der Waals surface area (Å²) >= 11 is 0. The van der Waals surface area contributed by atoms with Crippen LogP contribution in [0.15, 0.2) is 54.6 Å². The Morgan fingerprint density at radius 1 is 0.882 bits per heavy atom. The summed E-state index contributed by atoms with van der Waals surface area (Å²) in [6, 6.07) is 18.4. The fourth-order valence-electron chi connectivity index (χ4n) is 2.08. The Labute approximate surface area is 101 Å². The number of ether oxygens (including phenoxy) is 2. The molecule has 0 N–H and O–H groups in total. The van der Waals surface area contributed by atoms with Gasteiger partial charge in [-0.2, -0.15) is 0 Å². The molecule has 2 nitrogen and oxygen atoms in total. The molecule has 1 saturated heterocycles. The van der Waals surface area contributed by atoms with Crippen LogP contribution in [0.5, 0.6) is 5.75 Å². The molecule has 1 fully saturated rings. The van der Waals surface area contributed by atoms with Gasteiger partial charge in [0.2, 0.25) is 0 Å². The SMILES string of the molecule is COc1cccc(C2OC2c2ccccc2)c1. The molecule has 1 aliphatic heterocycles. The second-order valence-electron chi connectivity index (χ2n) is 4.16. The molecule has 17 heavy (non-hydrogen) atoms. The average Bonchev–Trinajstić information content (AvgIpc) is 3.20.